The standard InChI is InChI=1S/C22H21N3O2/c26-21(25-20-9-3-6-15-5-1-2-8-18(15)20)14-24-22(27)17-10-11-19-16(13-17)7-4-12-23-19/h3-4,6-7,9-13H,1-2,5,8,14H2,(H,24,27)(H,25,26). The van der Waals surface area contributed by atoms with Gasteiger partial charge in [0.05, 0.1) is 12.1 Å². The van der Waals surface area contributed by atoms with E-state index in [0.29, 0.717) is 5.56 Å². The Morgan fingerprint density at radius 2 is 1.89 bits per heavy atom. The highest BCUT2D eigenvalue weighted by atomic mass is 16.2. The van der Waals surface area contributed by atoms with Crippen molar-refractivity contribution in [3.8, 4) is 0 Å². The average molecular weight is 359 g/mol. The van der Waals surface area contributed by atoms with Crippen molar-refractivity contribution in [1.82, 2.24) is 10.3 Å². The largest absolute Gasteiger partial charge is 0.343 e. The van der Waals surface area contributed by atoms with E-state index in [0.717, 1.165) is 35.9 Å². The number of carbonyl (C=O) groups excluding carboxylic acids is 2. The van der Waals surface area contributed by atoms with Crippen LogP contribution in [0.3, 0.4) is 0 Å². The Morgan fingerprint density at radius 3 is 2.81 bits per heavy atom. The third-order valence-corrected chi connectivity index (χ3v) is 4.94. The molecule has 3 aromatic rings. The van der Waals surface area contributed by atoms with Gasteiger partial charge >= 0.3 is 0 Å². The topological polar surface area (TPSA) is 71.1 Å². The number of hydrogen-bond acceptors (Lipinski definition) is 3. The van der Waals surface area contributed by atoms with Gasteiger partial charge in [-0.2, -0.15) is 0 Å². The number of rotatable bonds is 4. The SMILES string of the molecule is O=C(CNC(=O)c1ccc2ncccc2c1)Nc1cccc2c1CCCC2. The molecule has 2 aromatic carbocycles. The van der Waals surface area contributed by atoms with Crippen LogP contribution in [0, 0.1) is 0 Å². The van der Waals surface area contributed by atoms with Gasteiger partial charge in [0.1, 0.15) is 0 Å². The van der Waals surface area contributed by atoms with Crippen molar-refractivity contribution in [2.24, 2.45) is 0 Å². The van der Waals surface area contributed by atoms with Gasteiger partial charge in [-0.05, 0) is 67.1 Å². The Hall–Kier alpha value is -3.21. The van der Waals surface area contributed by atoms with Gasteiger partial charge in [-0.25, -0.2) is 0 Å². The van der Waals surface area contributed by atoms with Crippen molar-refractivity contribution in [1.29, 1.82) is 0 Å². The lowest BCUT2D eigenvalue weighted by molar-refractivity contribution is -0.115. The van der Waals surface area contributed by atoms with E-state index in [1.807, 2.05) is 24.3 Å². The highest BCUT2D eigenvalue weighted by Crippen LogP contribution is 2.27. The van der Waals surface area contributed by atoms with E-state index in [4.69, 9.17) is 0 Å². The van der Waals surface area contributed by atoms with Crippen LogP contribution in [-0.4, -0.2) is 23.3 Å². The molecule has 2 amide bonds. The van der Waals surface area contributed by atoms with Crippen LogP contribution in [0.2, 0.25) is 0 Å². The van der Waals surface area contributed by atoms with E-state index in [1.54, 1.807) is 24.4 Å². The molecule has 5 heteroatoms. The van der Waals surface area contributed by atoms with Crippen molar-refractivity contribution in [3.05, 3.63) is 71.4 Å². The Morgan fingerprint density at radius 1 is 1.00 bits per heavy atom. The molecule has 0 saturated carbocycles. The summed E-state index contributed by atoms with van der Waals surface area (Å²) in [7, 11) is 0. The van der Waals surface area contributed by atoms with Gasteiger partial charge in [0.2, 0.25) is 5.91 Å². The summed E-state index contributed by atoms with van der Waals surface area (Å²) in [6.07, 6.45) is 6.11. The number of aryl methyl sites for hydroxylation is 1. The van der Waals surface area contributed by atoms with E-state index in [1.165, 1.54) is 17.5 Å². The van der Waals surface area contributed by atoms with Crippen LogP contribution in [0.5, 0.6) is 0 Å². The molecule has 0 atom stereocenters. The van der Waals surface area contributed by atoms with E-state index in [-0.39, 0.29) is 18.4 Å². The number of benzene rings is 2. The molecule has 0 aliphatic heterocycles. The fourth-order valence-electron chi connectivity index (χ4n) is 3.57. The molecule has 0 saturated heterocycles. The lowest BCUT2D eigenvalue weighted by atomic mass is 9.90. The summed E-state index contributed by atoms with van der Waals surface area (Å²) in [4.78, 5) is 28.9. The molecule has 4 rings (SSSR count). The third kappa shape index (κ3) is 3.82. The number of pyridine rings is 1. The quantitative estimate of drug-likeness (QED) is 0.749. The zero-order chi connectivity index (χ0) is 18.6. The Kier molecular flexibility index (Phi) is 4.83. The minimum Gasteiger partial charge on any atom is -0.343 e. The van der Waals surface area contributed by atoms with Crippen LogP contribution in [0.4, 0.5) is 5.69 Å². The molecule has 0 spiro atoms. The number of hydrogen-bond donors (Lipinski definition) is 2. The molecule has 5 nitrogen and oxygen atoms in total. The Bertz CT molecular complexity index is 1010. The van der Waals surface area contributed by atoms with Crippen LogP contribution < -0.4 is 10.6 Å². The van der Waals surface area contributed by atoms with E-state index < -0.39 is 0 Å². The number of carbonyl (C=O) groups is 2. The van der Waals surface area contributed by atoms with Gasteiger partial charge in [-0.1, -0.05) is 18.2 Å². The highest BCUT2D eigenvalue weighted by Gasteiger charge is 2.15. The molecular formula is C22H21N3O2. The first kappa shape index (κ1) is 17.2. The van der Waals surface area contributed by atoms with Crippen molar-refractivity contribution in [2.75, 3.05) is 11.9 Å². The molecule has 1 heterocycles. The number of nitrogens with zero attached hydrogens (tertiary/aromatic N) is 1. The van der Waals surface area contributed by atoms with E-state index >= 15 is 0 Å². The molecule has 2 N–H and O–H groups in total. The Balaban J connectivity index is 1.39. The van der Waals surface area contributed by atoms with Crippen molar-refractivity contribution in [3.63, 3.8) is 0 Å². The molecule has 1 aliphatic rings. The zero-order valence-electron chi connectivity index (χ0n) is 15.0. The second-order valence-electron chi connectivity index (χ2n) is 6.79. The maximum absolute atomic E-state index is 12.4. The summed E-state index contributed by atoms with van der Waals surface area (Å²) in [6.45, 7) is -0.0619. The average Bonchev–Trinajstić information content (AvgIpc) is 2.72. The lowest BCUT2D eigenvalue weighted by Crippen LogP contribution is -2.33. The fraction of sp³-hybridized carbons (Fsp3) is 0.227. The van der Waals surface area contributed by atoms with Crippen molar-refractivity contribution >= 4 is 28.4 Å². The number of anilines is 1. The fourth-order valence-corrected chi connectivity index (χ4v) is 3.57. The zero-order valence-corrected chi connectivity index (χ0v) is 15.0. The van der Waals surface area contributed by atoms with Gasteiger partial charge in [0, 0.05) is 22.8 Å². The van der Waals surface area contributed by atoms with Crippen molar-refractivity contribution < 1.29 is 9.59 Å². The summed E-state index contributed by atoms with van der Waals surface area (Å²) < 4.78 is 0. The van der Waals surface area contributed by atoms with Gasteiger partial charge in [-0.3, -0.25) is 14.6 Å². The predicted molar refractivity (Wildman–Crippen MR) is 106 cm³/mol. The molecule has 0 bridgehead atoms. The Labute approximate surface area is 157 Å². The minimum absolute atomic E-state index is 0.0619. The van der Waals surface area contributed by atoms with Crippen LogP contribution >= 0.6 is 0 Å². The van der Waals surface area contributed by atoms with Gasteiger partial charge in [0.25, 0.3) is 5.91 Å². The summed E-state index contributed by atoms with van der Waals surface area (Å²) >= 11 is 0. The van der Waals surface area contributed by atoms with Gasteiger partial charge in [0.15, 0.2) is 0 Å². The first-order chi connectivity index (χ1) is 13.2. The summed E-state index contributed by atoms with van der Waals surface area (Å²) in [5, 5.41) is 6.53. The predicted octanol–water partition coefficient (Wildman–Crippen LogP) is 3.48. The maximum atomic E-state index is 12.4. The maximum Gasteiger partial charge on any atom is 0.251 e. The van der Waals surface area contributed by atoms with Crippen LogP contribution in [0.25, 0.3) is 10.9 Å². The molecule has 1 aliphatic carbocycles. The van der Waals surface area contributed by atoms with Crippen LogP contribution in [0.1, 0.15) is 34.3 Å². The second kappa shape index (κ2) is 7.58. The smallest absolute Gasteiger partial charge is 0.251 e. The second-order valence-corrected chi connectivity index (χ2v) is 6.79. The number of nitrogens with one attached hydrogen (secondary N) is 2. The monoisotopic (exact) mass is 359 g/mol. The van der Waals surface area contributed by atoms with Gasteiger partial charge in [-0.15, -0.1) is 0 Å². The van der Waals surface area contributed by atoms with E-state index in [2.05, 4.69) is 21.7 Å². The molecule has 27 heavy (non-hydrogen) atoms. The molecule has 0 fully saturated rings. The number of fused-ring (bicyclic) bond motifs is 2. The summed E-state index contributed by atoms with van der Waals surface area (Å²) in [5.41, 5.74) is 4.75. The molecule has 0 unspecified atom stereocenters. The first-order valence-electron chi connectivity index (χ1n) is 9.24. The van der Waals surface area contributed by atoms with E-state index in [9.17, 15) is 9.59 Å². The molecular weight excluding hydrogens is 338 g/mol. The number of amides is 2. The third-order valence-electron chi connectivity index (χ3n) is 4.94. The highest BCUT2D eigenvalue weighted by molar-refractivity contribution is 6.01. The van der Waals surface area contributed by atoms with Crippen LogP contribution in [0.15, 0.2) is 54.7 Å². The van der Waals surface area contributed by atoms with Gasteiger partial charge < -0.3 is 10.6 Å². The first-order valence-corrected chi connectivity index (χ1v) is 9.24. The summed E-state index contributed by atoms with van der Waals surface area (Å²) in [6, 6.07) is 15.1. The van der Waals surface area contributed by atoms with Crippen LogP contribution in [-0.2, 0) is 17.6 Å². The normalized spacial score (nSPS) is 13.0. The minimum atomic E-state index is -0.272. The summed E-state index contributed by atoms with van der Waals surface area (Å²) in [5.74, 6) is -0.490. The number of aromatic nitrogens is 1. The molecule has 136 valence electrons. The lowest BCUT2D eigenvalue weighted by Gasteiger charge is -2.19. The van der Waals surface area contributed by atoms with Crippen molar-refractivity contribution in [2.45, 2.75) is 25.7 Å². The molecule has 0 radical (unpaired) electrons. The molecule has 1 aromatic heterocycles.